The van der Waals surface area contributed by atoms with Gasteiger partial charge in [0.15, 0.2) is 0 Å². The normalized spacial score (nSPS) is 22.1. The lowest BCUT2D eigenvalue weighted by molar-refractivity contribution is 0.171. The molecule has 5 heteroatoms. The molecule has 0 radical (unpaired) electrons. The van der Waals surface area contributed by atoms with E-state index in [4.69, 9.17) is 0 Å². The van der Waals surface area contributed by atoms with Crippen molar-refractivity contribution < 1.29 is 13.5 Å². The Morgan fingerprint density at radius 1 is 1.33 bits per heavy atom. The molecule has 2 unspecified atom stereocenters. The Morgan fingerprint density at radius 2 is 2.05 bits per heavy atom. The minimum atomic E-state index is -3.09. The van der Waals surface area contributed by atoms with Crippen LogP contribution in [-0.2, 0) is 16.4 Å². The van der Waals surface area contributed by atoms with Crippen LogP contribution in [0.25, 0.3) is 0 Å². The van der Waals surface area contributed by atoms with Gasteiger partial charge in [-0.15, -0.1) is 0 Å². The molecule has 1 aliphatic rings. The fourth-order valence-corrected chi connectivity index (χ4v) is 4.10. The van der Waals surface area contributed by atoms with Crippen molar-refractivity contribution in [3.63, 3.8) is 0 Å². The molecule has 0 aliphatic carbocycles. The third kappa shape index (κ3) is 5.09. The molecule has 0 amide bonds. The first kappa shape index (κ1) is 16.5. The van der Waals surface area contributed by atoms with Crippen molar-refractivity contribution in [3.05, 3.63) is 35.9 Å². The Balaban J connectivity index is 1.92. The van der Waals surface area contributed by atoms with Crippen LogP contribution >= 0.6 is 0 Å². The average Bonchev–Trinajstić information content (AvgIpc) is 2.47. The van der Waals surface area contributed by atoms with Crippen LogP contribution in [0.2, 0.25) is 0 Å². The number of nitrogens with zero attached hydrogens (tertiary/aromatic N) is 1. The van der Waals surface area contributed by atoms with Crippen LogP contribution in [0, 0.1) is 11.8 Å². The Morgan fingerprint density at radius 3 is 2.67 bits per heavy atom. The summed E-state index contributed by atoms with van der Waals surface area (Å²) in [5.74, 6) is 0.561. The molecule has 1 aromatic rings. The lowest BCUT2D eigenvalue weighted by atomic mass is 9.86. The van der Waals surface area contributed by atoms with Crippen molar-refractivity contribution in [2.24, 2.45) is 11.8 Å². The summed E-state index contributed by atoms with van der Waals surface area (Å²) in [6.45, 7) is 1.40. The second-order valence-corrected chi connectivity index (χ2v) is 8.09. The minimum Gasteiger partial charge on any atom is -0.396 e. The highest BCUT2D eigenvalue weighted by Crippen LogP contribution is 2.26. The third-order valence-electron chi connectivity index (χ3n) is 4.24. The van der Waals surface area contributed by atoms with Crippen molar-refractivity contribution in [1.82, 2.24) is 4.31 Å². The van der Waals surface area contributed by atoms with Gasteiger partial charge in [0.25, 0.3) is 0 Å². The van der Waals surface area contributed by atoms with Gasteiger partial charge in [-0.2, -0.15) is 0 Å². The largest absolute Gasteiger partial charge is 0.396 e. The van der Waals surface area contributed by atoms with Gasteiger partial charge in [-0.1, -0.05) is 30.3 Å². The summed E-state index contributed by atoms with van der Waals surface area (Å²) < 4.78 is 24.9. The molecule has 4 nitrogen and oxygen atoms in total. The Bertz CT molecular complexity index is 530. The SMILES string of the molecule is CS(=O)(=O)N1CCCC(CC(CO)Cc2ccccc2)C1. The predicted octanol–water partition coefficient (Wildman–Crippen LogP) is 1.90. The number of hydrogen-bond acceptors (Lipinski definition) is 3. The van der Waals surface area contributed by atoms with E-state index in [0.29, 0.717) is 19.0 Å². The van der Waals surface area contributed by atoms with E-state index in [0.717, 1.165) is 25.7 Å². The van der Waals surface area contributed by atoms with Gasteiger partial charge in [0, 0.05) is 19.7 Å². The summed E-state index contributed by atoms with van der Waals surface area (Å²) in [7, 11) is -3.09. The Labute approximate surface area is 127 Å². The van der Waals surface area contributed by atoms with Crippen LogP contribution in [0.5, 0.6) is 0 Å². The summed E-state index contributed by atoms with van der Waals surface area (Å²) in [6.07, 6.45) is 4.99. The standard InChI is InChI=1S/C16H25NO3S/c1-21(19,20)17-9-5-8-15(12-17)11-16(13-18)10-14-6-3-2-4-7-14/h2-4,6-7,15-16,18H,5,8-13H2,1H3. The van der Waals surface area contributed by atoms with Gasteiger partial charge in [-0.05, 0) is 43.1 Å². The molecule has 21 heavy (non-hydrogen) atoms. The number of rotatable bonds is 6. The maximum atomic E-state index is 11.7. The molecule has 1 aliphatic heterocycles. The number of sulfonamides is 1. The third-order valence-corrected chi connectivity index (χ3v) is 5.51. The molecule has 0 bridgehead atoms. The van der Waals surface area contributed by atoms with E-state index >= 15 is 0 Å². The van der Waals surface area contributed by atoms with Crippen LogP contribution in [0.3, 0.4) is 0 Å². The molecule has 1 heterocycles. The fraction of sp³-hybridized carbons (Fsp3) is 0.625. The summed E-state index contributed by atoms with van der Waals surface area (Å²) in [5.41, 5.74) is 1.23. The summed E-state index contributed by atoms with van der Waals surface area (Å²) >= 11 is 0. The average molecular weight is 311 g/mol. The highest BCUT2D eigenvalue weighted by Gasteiger charge is 2.27. The molecular formula is C16H25NO3S. The van der Waals surface area contributed by atoms with Gasteiger partial charge in [-0.3, -0.25) is 0 Å². The first-order chi connectivity index (χ1) is 9.99. The first-order valence-electron chi connectivity index (χ1n) is 7.59. The summed E-state index contributed by atoms with van der Waals surface area (Å²) in [4.78, 5) is 0. The number of piperidine rings is 1. The maximum Gasteiger partial charge on any atom is 0.211 e. The zero-order valence-electron chi connectivity index (χ0n) is 12.6. The summed E-state index contributed by atoms with van der Waals surface area (Å²) in [6, 6.07) is 10.2. The van der Waals surface area contributed by atoms with Crippen molar-refractivity contribution in [2.45, 2.75) is 25.7 Å². The van der Waals surface area contributed by atoms with Crippen LogP contribution in [0.1, 0.15) is 24.8 Å². The van der Waals surface area contributed by atoms with Crippen LogP contribution in [0.4, 0.5) is 0 Å². The molecule has 118 valence electrons. The predicted molar refractivity (Wildman–Crippen MR) is 84.5 cm³/mol. The second kappa shape index (κ2) is 7.38. The van der Waals surface area contributed by atoms with Gasteiger partial charge in [-0.25, -0.2) is 12.7 Å². The van der Waals surface area contributed by atoms with E-state index in [9.17, 15) is 13.5 Å². The molecule has 0 saturated carbocycles. The van der Waals surface area contributed by atoms with E-state index in [2.05, 4.69) is 12.1 Å². The summed E-state index contributed by atoms with van der Waals surface area (Å²) in [5, 5.41) is 9.61. The molecule has 1 fully saturated rings. The molecule has 2 rings (SSSR count). The fourth-order valence-electron chi connectivity index (χ4n) is 3.16. The molecule has 2 atom stereocenters. The Kier molecular flexibility index (Phi) is 5.79. The number of aliphatic hydroxyl groups is 1. The van der Waals surface area contributed by atoms with Gasteiger partial charge in [0.2, 0.25) is 10.0 Å². The van der Waals surface area contributed by atoms with Crippen molar-refractivity contribution in [3.8, 4) is 0 Å². The van der Waals surface area contributed by atoms with Crippen molar-refractivity contribution in [2.75, 3.05) is 26.0 Å². The van der Waals surface area contributed by atoms with Gasteiger partial charge in [0.05, 0.1) is 6.26 Å². The van der Waals surface area contributed by atoms with E-state index in [1.165, 1.54) is 11.8 Å². The number of aliphatic hydroxyl groups excluding tert-OH is 1. The van der Waals surface area contributed by atoms with Crippen molar-refractivity contribution in [1.29, 1.82) is 0 Å². The van der Waals surface area contributed by atoms with Crippen molar-refractivity contribution >= 4 is 10.0 Å². The molecule has 1 N–H and O–H groups in total. The highest BCUT2D eigenvalue weighted by molar-refractivity contribution is 7.88. The Hall–Kier alpha value is -0.910. The molecule has 0 spiro atoms. The quantitative estimate of drug-likeness (QED) is 0.873. The van der Waals surface area contributed by atoms with E-state index in [-0.39, 0.29) is 12.5 Å². The van der Waals surface area contributed by atoms with Crippen LogP contribution in [-0.4, -0.2) is 43.8 Å². The lowest BCUT2D eigenvalue weighted by Gasteiger charge is -2.32. The zero-order chi connectivity index (χ0) is 15.3. The van der Waals surface area contributed by atoms with E-state index in [1.807, 2.05) is 18.2 Å². The molecule has 1 saturated heterocycles. The second-order valence-electron chi connectivity index (χ2n) is 6.10. The van der Waals surface area contributed by atoms with E-state index in [1.54, 1.807) is 4.31 Å². The monoisotopic (exact) mass is 311 g/mol. The molecular weight excluding hydrogens is 286 g/mol. The van der Waals surface area contributed by atoms with Gasteiger partial charge < -0.3 is 5.11 Å². The number of hydrogen-bond donors (Lipinski definition) is 1. The van der Waals surface area contributed by atoms with Crippen LogP contribution in [0.15, 0.2) is 30.3 Å². The minimum absolute atomic E-state index is 0.157. The van der Waals surface area contributed by atoms with E-state index < -0.39 is 10.0 Å². The lowest BCUT2D eigenvalue weighted by Crippen LogP contribution is -2.40. The van der Waals surface area contributed by atoms with Gasteiger partial charge >= 0.3 is 0 Å². The maximum absolute atomic E-state index is 11.7. The smallest absolute Gasteiger partial charge is 0.211 e. The highest BCUT2D eigenvalue weighted by atomic mass is 32.2. The first-order valence-corrected chi connectivity index (χ1v) is 9.43. The topological polar surface area (TPSA) is 57.6 Å². The zero-order valence-corrected chi connectivity index (χ0v) is 13.4. The molecule has 1 aromatic carbocycles. The number of benzene rings is 1. The molecule has 0 aromatic heterocycles. The van der Waals surface area contributed by atoms with Crippen LogP contribution < -0.4 is 0 Å². The van der Waals surface area contributed by atoms with Gasteiger partial charge in [0.1, 0.15) is 0 Å².